The number of hydrogen-bond acceptors (Lipinski definition) is 5. The minimum atomic E-state index is 0.207. The maximum atomic E-state index is 5.87. The van der Waals surface area contributed by atoms with Crippen molar-refractivity contribution in [1.82, 2.24) is 9.97 Å². The molecule has 0 fully saturated rings. The van der Waals surface area contributed by atoms with Crippen LogP contribution in [0.5, 0.6) is 11.5 Å². The summed E-state index contributed by atoms with van der Waals surface area (Å²) in [6.45, 7) is 4.00. The van der Waals surface area contributed by atoms with E-state index in [9.17, 15) is 0 Å². The highest BCUT2D eigenvalue weighted by Gasteiger charge is 2.13. The zero-order valence-electron chi connectivity index (χ0n) is 11.8. The van der Waals surface area contributed by atoms with Crippen LogP contribution in [-0.2, 0) is 0 Å². The maximum Gasteiger partial charge on any atom is 0.253 e. The third-order valence-corrected chi connectivity index (χ3v) is 2.84. The second-order valence-electron chi connectivity index (χ2n) is 4.64. The Kier molecular flexibility index (Phi) is 3.31. The van der Waals surface area contributed by atoms with Gasteiger partial charge >= 0.3 is 0 Å². The molecule has 0 amide bonds. The van der Waals surface area contributed by atoms with E-state index < -0.39 is 0 Å². The van der Waals surface area contributed by atoms with Crippen molar-refractivity contribution in [2.75, 3.05) is 12.1 Å². The van der Waals surface area contributed by atoms with E-state index in [2.05, 4.69) is 20.3 Å². The van der Waals surface area contributed by atoms with Crippen molar-refractivity contribution in [3.05, 3.63) is 35.7 Å². The summed E-state index contributed by atoms with van der Waals surface area (Å²) < 4.78 is 10.6. The first-order chi connectivity index (χ1) is 10.1. The number of hydrogen-bond donors (Lipinski definition) is 2. The van der Waals surface area contributed by atoms with Crippen LogP contribution in [0.2, 0.25) is 0 Å². The Hall–Kier alpha value is -2.83. The Bertz CT molecular complexity index is 694. The van der Waals surface area contributed by atoms with Gasteiger partial charge in [0.25, 0.3) is 5.95 Å². The summed E-state index contributed by atoms with van der Waals surface area (Å²) in [5, 5.41) is 2.97. The number of nitrogens with two attached hydrogens (primary N) is 1. The Morgan fingerprint density at radius 2 is 1.86 bits per heavy atom. The van der Waals surface area contributed by atoms with Gasteiger partial charge in [0.1, 0.15) is 0 Å². The van der Waals surface area contributed by atoms with E-state index in [1.807, 2.05) is 32.0 Å². The lowest BCUT2D eigenvalue weighted by molar-refractivity contribution is 0.174. The van der Waals surface area contributed by atoms with Crippen LogP contribution in [0.25, 0.3) is 0 Å². The highest BCUT2D eigenvalue weighted by molar-refractivity contribution is 5.93. The SMILES string of the molecule is Cc1cc(C)nc(/N=C(\N)Nc2ccc3c(c2)OCO3)n1. The van der Waals surface area contributed by atoms with E-state index in [1.54, 1.807) is 6.07 Å². The number of nitrogens with one attached hydrogen (secondary N) is 1. The minimum absolute atomic E-state index is 0.207. The smallest absolute Gasteiger partial charge is 0.253 e. The molecule has 0 radical (unpaired) electrons. The van der Waals surface area contributed by atoms with Crippen molar-refractivity contribution in [3.8, 4) is 11.5 Å². The predicted molar refractivity (Wildman–Crippen MR) is 79.0 cm³/mol. The molecule has 1 aromatic heterocycles. The molecule has 7 heteroatoms. The fourth-order valence-corrected chi connectivity index (χ4v) is 2.02. The fraction of sp³-hybridized carbons (Fsp3) is 0.214. The number of benzene rings is 1. The molecule has 1 aliphatic heterocycles. The normalized spacial score (nSPS) is 13.3. The van der Waals surface area contributed by atoms with E-state index in [1.165, 1.54) is 0 Å². The number of fused-ring (bicyclic) bond motifs is 1. The lowest BCUT2D eigenvalue weighted by atomic mass is 10.3. The minimum Gasteiger partial charge on any atom is -0.454 e. The van der Waals surface area contributed by atoms with Gasteiger partial charge in [-0.05, 0) is 32.0 Å². The number of guanidine groups is 1. The van der Waals surface area contributed by atoms with Gasteiger partial charge in [0.15, 0.2) is 11.5 Å². The van der Waals surface area contributed by atoms with E-state index in [-0.39, 0.29) is 12.8 Å². The Morgan fingerprint density at radius 3 is 2.62 bits per heavy atom. The van der Waals surface area contributed by atoms with Gasteiger partial charge in [-0.1, -0.05) is 0 Å². The van der Waals surface area contributed by atoms with Gasteiger partial charge < -0.3 is 20.5 Å². The molecule has 2 aromatic rings. The third kappa shape index (κ3) is 3.02. The number of aryl methyl sites for hydroxylation is 2. The quantitative estimate of drug-likeness (QED) is 0.646. The molecule has 21 heavy (non-hydrogen) atoms. The van der Waals surface area contributed by atoms with Crippen LogP contribution in [0.15, 0.2) is 29.3 Å². The molecule has 0 saturated heterocycles. The molecule has 0 saturated carbocycles. The van der Waals surface area contributed by atoms with Gasteiger partial charge in [0, 0.05) is 23.1 Å². The second-order valence-corrected chi connectivity index (χ2v) is 4.64. The second kappa shape index (κ2) is 5.28. The maximum absolute atomic E-state index is 5.87. The molecule has 1 aliphatic rings. The number of nitrogens with zero attached hydrogens (tertiary/aromatic N) is 3. The molecule has 2 heterocycles. The van der Waals surface area contributed by atoms with E-state index >= 15 is 0 Å². The van der Waals surface area contributed by atoms with Crippen molar-refractivity contribution >= 4 is 17.6 Å². The van der Waals surface area contributed by atoms with Gasteiger partial charge in [0.05, 0.1) is 0 Å². The zero-order valence-corrected chi connectivity index (χ0v) is 11.8. The Balaban J connectivity index is 1.79. The molecule has 0 bridgehead atoms. The summed E-state index contributed by atoms with van der Waals surface area (Å²) in [6, 6.07) is 7.32. The third-order valence-electron chi connectivity index (χ3n) is 2.84. The molecular formula is C14H15N5O2. The summed E-state index contributed by atoms with van der Waals surface area (Å²) in [4.78, 5) is 12.6. The monoisotopic (exact) mass is 285 g/mol. The van der Waals surface area contributed by atoms with E-state index in [4.69, 9.17) is 15.2 Å². The predicted octanol–water partition coefficient (Wildman–Crippen LogP) is 1.88. The van der Waals surface area contributed by atoms with Crippen LogP contribution in [0.1, 0.15) is 11.4 Å². The first kappa shape index (κ1) is 13.2. The molecule has 108 valence electrons. The Labute approximate surface area is 121 Å². The van der Waals surface area contributed by atoms with Crippen molar-refractivity contribution in [3.63, 3.8) is 0 Å². The highest BCUT2D eigenvalue weighted by atomic mass is 16.7. The van der Waals surface area contributed by atoms with Crippen LogP contribution in [-0.4, -0.2) is 22.7 Å². The molecule has 3 N–H and O–H groups in total. The molecule has 0 atom stereocenters. The lowest BCUT2D eigenvalue weighted by Crippen LogP contribution is -2.22. The van der Waals surface area contributed by atoms with Crippen LogP contribution >= 0.6 is 0 Å². The van der Waals surface area contributed by atoms with Gasteiger partial charge in [-0.25, -0.2) is 9.97 Å². The van der Waals surface area contributed by atoms with Gasteiger partial charge in [0.2, 0.25) is 12.8 Å². The average molecular weight is 285 g/mol. The zero-order chi connectivity index (χ0) is 14.8. The molecule has 0 spiro atoms. The van der Waals surface area contributed by atoms with E-state index in [0.29, 0.717) is 17.4 Å². The van der Waals surface area contributed by atoms with Crippen LogP contribution in [0.4, 0.5) is 11.6 Å². The number of anilines is 1. The molecule has 0 unspecified atom stereocenters. The summed E-state index contributed by atoms with van der Waals surface area (Å²) in [5.41, 5.74) is 8.31. The van der Waals surface area contributed by atoms with Crippen LogP contribution in [0, 0.1) is 13.8 Å². The number of aliphatic imine (C=N–C) groups is 1. The van der Waals surface area contributed by atoms with Crippen molar-refractivity contribution in [2.45, 2.75) is 13.8 Å². The van der Waals surface area contributed by atoms with Gasteiger partial charge in [-0.3, -0.25) is 0 Å². The van der Waals surface area contributed by atoms with Crippen molar-refractivity contribution in [1.29, 1.82) is 0 Å². The van der Waals surface area contributed by atoms with Crippen molar-refractivity contribution < 1.29 is 9.47 Å². The largest absolute Gasteiger partial charge is 0.454 e. The summed E-state index contributed by atoms with van der Waals surface area (Å²) in [6.07, 6.45) is 0. The van der Waals surface area contributed by atoms with Gasteiger partial charge in [-0.15, -0.1) is 0 Å². The summed E-state index contributed by atoms with van der Waals surface area (Å²) in [7, 11) is 0. The molecule has 3 rings (SSSR count). The Morgan fingerprint density at radius 1 is 1.14 bits per heavy atom. The summed E-state index contributed by atoms with van der Waals surface area (Å²) in [5.74, 6) is 1.93. The average Bonchev–Trinajstić information content (AvgIpc) is 2.84. The molecular weight excluding hydrogens is 270 g/mol. The number of aromatic nitrogens is 2. The first-order valence-electron chi connectivity index (χ1n) is 6.43. The molecule has 7 nitrogen and oxygen atoms in total. The van der Waals surface area contributed by atoms with Crippen molar-refractivity contribution in [2.24, 2.45) is 10.7 Å². The fourth-order valence-electron chi connectivity index (χ4n) is 2.02. The first-order valence-corrected chi connectivity index (χ1v) is 6.43. The van der Waals surface area contributed by atoms with Gasteiger partial charge in [-0.2, -0.15) is 4.99 Å². The lowest BCUT2D eigenvalue weighted by Gasteiger charge is -2.06. The number of rotatable bonds is 2. The van der Waals surface area contributed by atoms with E-state index in [0.717, 1.165) is 17.1 Å². The number of ether oxygens (including phenoxy) is 2. The van der Waals surface area contributed by atoms with Crippen LogP contribution < -0.4 is 20.5 Å². The van der Waals surface area contributed by atoms with Crippen LogP contribution in [0.3, 0.4) is 0 Å². The molecule has 0 aliphatic carbocycles. The standard InChI is InChI=1S/C14H15N5O2/c1-8-5-9(2)17-14(16-8)19-13(15)18-10-3-4-11-12(6-10)21-7-20-11/h3-6H,7H2,1-2H3,(H3,15,16,17,18,19). The topological polar surface area (TPSA) is 94.7 Å². The summed E-state index contributed by atoms with van der Waals surface area (Å²) >= 11 is 0. The highest BCUT2D eigenvalue weighted by Crippen LogP contribution is 2.34. The molecule has 1 aromatic carbocycles.